The Kier molecular flexibility index (Phi) is 5.84. The molecule has 2 nitrogen and oxygen atoms in total. The highest BCUT2D eigenvalue weighted by Gasteiger charge is 2.02. The summed E-state index contributed by atoms with van der Waals surface area (Å²) in [5, 5.41) is -0.852. The molecule has 0 unspecified atom stereocenters. The van der Waals surface area contributed by atoms with Crippen LogP contribution in [0.4, 0.5) is 0 Å². The Morgan fingerprint density at radius 3 is 1.75 bits per heavy atom. The van der Waals surface area contributed by atoms with Gasteiger partial charge in [-0.05, 0) is 41.8 Å². The molecule has 0 saturated heterocycles. The van der Waals surface area contributed by atoms with Gasteiger partial charge in [0.05, 0.1) is 0 Å². The fourth-order valence-electron chi connectivity index (χ4n) is 1.79. The van der Waals surface area contributed by atoms with E-state index in [9.17, 15) is 0 Å². The zero-order chi connectivity index (χ0) is 14.4. The van der Waals surface area contributed by atoms with Crippen LogP contribution in [0.15, 0.2) is 48.5 Å². The van der Waals surface area contributed by atoms with Gasteiger partial charge in [0.25, 0.3) is 0 Å². The van der Waals surface area contributed by atoms with Crippen LogP contribution in [0.5, 0.6) is 11.5 Å². The Balaban J connectivity index is 1.98. The van der Waals surface area contributed by atoms with E-state index in [1.54, 1.807) is 0 Å². The lowest BCUT2D eigenvalue weighted by molar-refractivity contribution is 0.354. The Labute approximate surface area is 133 Å². The molecule has 106 valence electrons. The summed E-state index contributed by atoms with van der Waals surface area (Å²) in [4.78, 5) is 0. The summed E-state index contributed by atoms with van der Waals surface area (Å²) in [7, 11) is 0. The standard InChI is InChI=1S/C15H13Cl3O2/c16-10-19-13-5-1-11(2-6-13)9-12-3-7-14(8-4-12)20-15(17)18/h1-8,15H,9-10H2. The second-order valence-corrected chi connectivity index (χ2v) is 5.33. The molecule has 2 rings (SSSR count). The first-order chi connectivity index (χ1) is 9.67. The molecule has 0 aliphatic heterocycles. The van der Waals surface area contributed by atoms with Crippen molar-refractivity contribution < 1.29 is 9.47 Å². The molecular formula is C15H13Cl3O2. The number of hydrogen-bond acceptors (Lipinski definition) is 2. The van der Waals surface area contributed by atoms with Crippen LogP contribution in [0.2, 0.25) is 0 Å². The lowest BCUT2D eigenvalue weighted by Crippen LogP contribution is -1.99. The first kappa shape index (κ1) is 15.3. The molecule has 20 heavy (non-hydrogen) atoms. The summed E-state index contributed by atoms with van der Waals surface area (Å²) >= 11 is 16.6. The second kappa shape index (κ2) is 7.63. The summed E-state index contributed by atoms with van der Waals surface area (Å²) in [5.41, 5.74) is 2.36. The van der Waals surface area contributed by atoms with Crippen LogP contribution in [0.3, 0.4) is 0 Å². The zero-order valence-electron chi connectivity index (χ0n) is 10.6. The maximum absolute atomic E-state index is 5.54. The summed E-state index contributed by atoms with van der Waals surface area (Å²) in [6, 6.07) is 15.6. The molecule has 0 N–H and O–H groups in total. The molecule has 0 bridgehead atoms. The lowest BCUT2D eigenvalue weighted by Gasteiger charge is -2.08. The highest BCUT2D eigenvalue weighted by molar-refractivity contribution is 6.43. The van der Waals surface area contributed by atoms with Gasteiger partial charge in [-0.2, -0.15) is 0 Å². The SMILES string of the molecule is ClCOc1ccc(Cc2ccc(OC(Cl)Cl)cc2)cc1. The Bertz CT molecular complexity index is 524. The van der Waals surface area contributed by atoms with Crippen molar-refractivity contribution in [3.05, 3.63) is 59.7 Å². The minimum Gasteiger partial charge on any atom is -0.478 e. The minimum absolute atomic E-state index is 0.156. The molecule has 0 spiro atoms. The number of halogens is 3. The predicted molar refractivity (Wildman–Crippen MR) is 83.2 cm³/mol. The molecule has 0 atom stereocenters. The smallest absolute Gasteiger partial charge is 0.247 e. The maximum atomic E-state index is 5.54. The quantitative estimate of drug-likeness (QED) is 0.694. The molecule has 0 amide bonds. The first-order valence-electron chi connectivity index (χ1n) is 5.99. The number of alkyl halides is 3. The van der Waals surface area contributed by atoms with Crippen molar-refractivity contribution in [2.75, 3.05) is 6.07 Å². The molecule has 5 heteroatoms. The second-order valence-electron chi connectivity index (χ2n) is 4.10. The van der Waals surface area contributed by atoms with Gasteiger partial charge in [-0.15, -0.1) is 0 Å². The molecule has 0 radical (unpaired) electrons. The van der Waals surface area contributed by atoms with E-state index in [4.69, 9.17) is 44.3 Å². The van der Waals surface area contributed by atoms with Crippen LogP contribution in [-0.2, 0) is 6.42 Å². The molecule has 0 saturated carbocycles. The average molecular weight is 332 g/mol. The molecular weight excluding hydrogens is 319 g/mol. The fraction of sp³-hybridized carbons (Fsp3) is 0.200. The van der Waals surface area contributed by atoms with Gasteiger partial charge in [-0.1, -0.05) is 59.1 Å². The van der Waals surface area contributed by atoms with Crippen molar-refractivity contribution in [3.63, 3.8) is 0 Å². The zero-order valence-corrected chi connectivity index (χ0v) is 12.8. The van der Waals surface area contributed by atoms with E-state index in [1.807, 2.05) is 48.5 Å². The largest absolute Gasteiger partial charge is 0.478 e. The number of rotatable bonds is 6. The first-order valence-corrected chi connectivity index (χ1v) is 7.39. The molecule has 0 aliphatic rings. The third-order valence-corrected chi connectivity index (χ3v) is 2.99. The van der Waals surface area contributed by atoms with E-state index in [-0.39, 0.29) is 6.07 Å². The monoisotopic (exact) mass is 330 g/mol. The third-order valence-electron chi connectivity index (χ3n) is 2.70. The Morgan fingerprint density at radius 1 is 0.800 bits per heavy atom. The van der Waals surface area contributed by atoms with Crippen LogP contribution in [0.1, 0.15) is 11.1 Å². The Hall–Kier alpha value is -1.09. The van der Waals surface area contributed by atoms with E-state index in [0.29, 0.717) is 5.75 Å². The van der Waals surface area contributed by atoms with Gasteiger partial charge in [-0.25, -0.2) is 0 Å². The van der Waals surface area contributed by atoms with Gasteiger partial charge in [0, 0.05) is 0 Å². The molecule has 0 fully saturated rings. The van der Waals surface area contributed by atoms with Gasteiger partial charge >= 0.3 is 0 Å². The Morgan fingerprint density at radius 2 is 1.30 bits per heavy atom. The highest BCUT2D eigenvalue weighted by Crippen LogP contribution is 2.19. The van der Waals surface area contributed by atoms with Crippen molar-refractivity contribution in [1.29, 1.82) is 0 Å². The molecule has 0 aromatic heterocycles. The van der Waals surface area contributed by atoms with E-state index >= 15 is 0 Å². The summed E-state index contributed by atoms with van der Waals surface area (Å²) in [6.07, 6.45) is 0.826. The van der Waals surface area contributed by atoms with Crippen LogP contribution in [0.25, 0.3) is 0 Å². The van der Waals surface area contributed by atoms with Gasteiger partial charge in [0.15, 0.2) is 6.07 Å². The van der Waals surface area contributed by atoms with E-state index < -0.39 is 5.02 Å². The van der Waals surface area contributed by atoms with Crippen LogP contribution >= 0.6 is 34.8 Å². The van der Waals surface area contributed by atoms with Crippen molar-refractivity contribution in [2.24, 2.45) is 0 Å². The summed E-state index contributed by atoms with van der Waals surface area (Å²) in [5.74, 6) is 1.41. The van der Waals surface area contributed by atoms with Crippen molar-refractivity contribution in [1.82, 2.24) is 0 Å². The van der Waals surface area contributed by atoms with Gasteiger partial charge in [0.2, 0.25) is 5.02 Å². The molecule has 2 aromatic carbocycles. The molecule has 0 aliphatic carbocycles. The van der Waals surface area contributed by atoms with Crippen molar-refractivity contribution in [3.8, 4) is 11.5 Å². The lowest BCUT2D eigenvalue weighted by atomic mass is 10.0. The van der Waals surface area contributed by atoms with Crippen LogP contribution < -0.4 is 9.47 Å². The number of hydrogen-bond donors (Lipinski definition) is 0. The average Bonchev–Trinajstić information content (AvgIpc) is 2.43. The molecule has 2 aromatic rings. The number of ether oxygens (including phenoxy) is 2. The van der Waals surface area contributed by atoms with Crippen molar-refractivity contribution >= 4 is 34.8 Å². The normalized spacial score (nSPS) is 10.6. The topological polar surface area (TPSA) is 18.5 Å². The fourth-order valence-corrected chi connectivity index (χ4v) is 2.12. The van der Waals surface area contributed by atoms with Crippen molar-refractivity contribution in [2.45, 2.75) is 11.4 Å². The van der Waals surface area contributed by atoms with Crippen LogP contribution in [-0.4, -0.2) is 11.1 Å². The summed E-state index contributed by atoms with van der Waals surface area (Å²) < 4.78 is 10.4. The number of benzene rings is 2. The predicted octanol–water partition coefficient (Wildman–Crippen LogP) is 4.99. The minimum atomic E-state index is -0.852. The third kappa shape index (κ3) is 4.78. The summed E-state index contributed by atoms with van der Waals surface area (Å²) in [6.45, 7) is 0. The maximum Gasteiger partial charge on any atom is 0.247 e. The van der Waals surface area contributed by atoms with E-state index in [0.717, 1.165) is 12.2 Å². The van der Waals surface area contributed by atoms with Crippen LogP contribution in [0, 0.1) is 0 Å². The van der Waals surface area contributed by atoms with E-state index in [2.05, 4.69) is 0 Å². The van der Waals surface area contributed by atoms with E-state index in [1.165, 1.54) is 11.1 Å². The van der Waals surface area contributed by atoms with Gasteiger partial charge < -0.3 is 9.47 Å². The highest BCUT2D eigenvalue weighted by atomic mass is 35.5. The van der Waals surface area contributed by atoms with Gasteiger partial charge in [-0.3, -0.25) is 0 Å². The molecule has 0 heterocycles. The van der Waals surface area contributed by atoms with Gasteiger partial charge in [0.1, 0.15) is 11.5 Å².